The molecule has 0 saturated heterocycles. The molecule has 0 saturated carbocycles. The van der Waals surface area contributed by atoms with E-state index in [0.29, 0.717) is 11.5 Å². The maximum absolute atomic E-state index is 12.4. The van der Waals surface area contributed by atoms with Crippen LogP contribution >= 0.6 is 0 Å². The molecule has 0 radical (unpaired) electrons. The van der Waals surface area contributed by atoms with Gasteiger partial charge in [-0.2, -0.15) is 0 Å². The van der Waals surface area contributed by atoms with E-state index in [1.807, 2.05) is 25.1 Å². The van der Waals surface area contributed by atoms with E-state index in [-0.39, 0.29) is 6.54 Å². The SMILES string of the molecule is Cc1ccc(C)c(S(=O)(=O)NCCOc2ccc3c(c2)CCCC3)c1. The monoisotopic (exact) mass is 359 g/mol. The molecular weight excluding hydrogens is 334 g/mol. The van der Waals surface area contributed by atoms with Crippen molar-refractivity contribution in [1.82, 2.24) is 4.72 Å². The number of ether oxygens (including phenoxy) is 1. The second kappa shape index (κ2) is 7.58. The molecule has 5 heteroatoms. The highest BCUT2D eigenvalue weighted by Gasteiger charge is 2.16. The summed E-state index contributed by atoms with van der Waals surface area (Å²) in [6.45, 7) is 4.24. The third-order valence-corrected chi connectivity index (χ3v) is 6.22. The van der Waals surface area contributed by atoms with Crippen molar-refractivity contribution < 1.29 is 13.2 Å². The van der Waals surface area contributed by atoms with Gasteiger partial charge in [-0.15, -0.1) is 0 Å². The molecule has 0 aliphatic heterocycles. The molecule has 0 aromatic heterocycles. The summed E-state index contributed by atoms with van der Waals surface area (Å²) in [5.41, 5.74) is 4.44. The van der Waals surface area contributed by atoms with Crippen LogP contribution in [0.2, 0.25) is 0 Å². The van der Waals surface area contributed by atoms with Gasteiger partial charge in [0.25, 0.3) is 0 Å². The van der Waals surface area contributed by atoms with E-state index in [0.717, 1.165) is 29.7 Å². The summed E-state index contributed by atoms with van der Waals surface area (Å²) in [6, 6.07) is 11.6. The molecule has 1 aliphatic carbocycles. The van der Waals surface area contributed by atoms with E-state index in [4.69, 9.17) is 4.74 Å². The van der Waals surface area contributed by atoms with E-state index >= 15 is 0 Å². The molecule has 25 heavy (non-hydrogen) atoms. The molecule has 0 atom stereocenters. The van der Waals surface area contributed by atoms with Crippen molar-refractivity contribution in [1.29, 1.82) is 0 Å². The number of nitrogens with one attached hydrogen (secondary N) is 1. The zero-order valence-electron chi connectivity index (χ0n) is 14.8. The van der Waals surface area contributed by atoms with Crippen LogP contribution in [0, 0.1) is 13.8 Å². The Hall–Kier alpha value is -1.85. The Labute approximate surface area is 150 Å². The summed E-state index contributed by atoms with van der Waals surface area (Å²) < 4.78 is 33.2. The number of benzene rings is 2. The van der Waals surface area contributed by atoms with Gasteiger partial charge >= 0.3 is 0 Å². The molecule has 1 aliphatic rings. The molecule has 4 nitrogen and oxygen atoms in total. The number of aryl methyl sites for hydroxylation is 4. The third-order valence-electron chi connectivity index (χ3n) is 4.62. The van der Waals surface area contributed by atoms with E-state index in [1.54, 1.807) is 13.0 Å². The minimum absolute atomic E-state index is 0.243. The topological polar surface area (TPSA) is 55.4 Å². The van der Waals surface area contributed by atoms with Gasteiger partial charge < -0.3 is 4.74 Å². The number of sulfonamides is 1. The van der Waals surface area contributed by atoms with E-state index in [2.05, 4.69) is 16.9 Å². The summed E-state index contributed by atoms with van der Waals surface area (Å²) in [6.07, 6.45) is 4.73. The van der Waals surface area contributed by atoms with Crippen molar-refractivity contribution in [2.75, 3.05) is 13.2 Å². The Morgan fingerprint density at radius 1 is 1.00 bits per heavy atom. The van der Waals surface area contributed by atoms with Crippen LogP contribution in [-0.4, -0.2) is 21.6 Å². The fraction of sp³-hybridized carbons (Fsp3) is 0.400. The van der Waals surface area contributed by atoms with E-state index in [9.17, 15) is 8.42 Å². The Morgan fingerprint density at radius 3 is 2.56 bits per heavy atom. The summed E-state index contributed by atoms with van der Waals surface area (Å²) in [7, 11) is -3.51. The van der Waals surface area contributed by atoms with Crippen molar-refractivity contribution >= 4 is 10.0 Å². The van der Waals surface area contributed by atoms with E-state index in [1.165, 1.54) is 24.0 Å². The molecule has 1 N–H and O–H groups in total. The van der Waals surface area contributed by atoms with Crippen LogP contribution in [0.3, 0.4) is 0 Å². The van der Waals surface area contributed by atoms with Crippen molar-refractivity contribution in [3.8, 4) is 5.75 Å². The molecule has 2 aromatic carbocycles. The van der Waals surface area contributed by atoms with Crippen molar-refractivity contribution in [3.63, 3.8) is 0 Å². The predicted molar refractivity (Wildman–Crippen MR) is 99.7 cm³/mol. The Bertz CT molecular complexity index is 859. The summed E-state index contributed by atoms with van der Waals surface area (Å²) in [5.74, 6) is 0.812. The lowest BCUT2D eigenvalue weighted by molar-refractivity contribution is 0.322. The van der Waals surface area contributed by atoms with Crippen LogP contribution in [0.5, 0.6) is 5.75 Å². The van der Waals surface area contributed by atoms with Crippen LogP contribution in [0.25, 0.3) is 0 Å². The summed E-state index contributed by atoms with van der Waals surface area (Å²) in [4.78, 5) is 0.335. The van der Waals surface area contributed by atoms with Crippen molar-refractivity contribution in [2.45, 2.75) is 44.4 Å². The molecule has 0 heterocycles. The van der Waals surface area contributed by atoms with Crippen LogP contribution < -0.4 is 9.46 Å². The van der Waals surface area contributed by atoms with Crippen LogP contribution in [0.1, 0.15) is 35.1 Å². The highest BCUT2D eigenvalue weighted by atomic mass is 32.2. The van der Waals surface area contributed by atoms with Gasteiger partial charge in [0.05, 0.1) is 4.90 Å². The maximum atomic E-state index is 12.4. The van der Waals surface area contributed by atoms with Gasteiger partial charge in [-0.3, -0.25) is 0 Å². The Morgan fingerprint density at radius 2 is 1.76 bits per heavy atom. The highest BCUT2D eigenvalue weighted by Crippen LogP contribution is 2.25. The summed E-state index contributed by atoms with van der Waals surface area (Å²) >= 11 is 0. The molecule has 0 amide bonds. The second-order valence-electron chi connectivity index (χ2n) is 6.65. The number of rotatable bonds is 6. The molecule has 3 rings (SSSR count). The maximum Gasteiger partial charge on any atom is 0.240 e. The van der Waals surface area contributed by atoms with E-state index < -0.39 is 10.0 Å². The first-order valence-corrected chi connectivity index (χ1v) is 10.3. The number of hydrogen-bond acceptors (Lipinski definition) is 3. The largest absolute Gasteiger partial charge is 0.492 e. The zero-order chi connectivity index (χ0) is 17.9. The van der Waals surface area contributed by atoms with Gasteiger partial charge in [-0.1, -0.05) is 18.2 Å². The van der Waals surface area contributed by atoms with Crippen LogP contribution in [0.4, 0.5) is 0 Å². The third kappa shape index (κ3) is 4.41. The Kier molecular flexibility index (Phi) is 5.45. The van der Waals surface area contributed by atoms with Crippen molar-refractivity contribution in [3.05, 3.63) is 58.7 Å². The summed E-state index contributed by atoms with van der Waals surface area (Å²) in [5, 5.41) is 0. The zero-order valence-corrected chi connectivity index (χ0v) is 15.7. The first-order valence-electron chi connectivity index (χ1n) is 8.77. The minimum Gasteiger partial charge on any atom is -0.492 e. The smallest absolute Gasteiger partial charge is 0.240 e. The average Bonchev–Trinajstić information content (AvgIpc) is 2.60. The lowest BCUT2D eigenvalue weighted by Gasteiger charge is -2.17. The second-order valence-corrected chi connectivity index (χ2v) is 8.39. The molecule has 134 valence electrons. The molecule has 0 fully saturated rings. The first-order chi connectivity index (χ1) is 12.0. The molecule has 2 aromatic rings. The van der Waals surface area contributed by atoms with Gasteiger partial charge in [0.15, 0.2) is 0 Å². The van der Waals surface area contributed by atoms with Crippen LogP contribution in [0.15, 0.2) is 41.3 Å². The van der Waals surface area contributed by atoms with Gasteiger partial charge in [-0.25, -0.2) is 13.1 Å². The lowest BCUT2D eigenvalue weighted by Crippen LogP contribution is -2.28. The average molecular weight is 359 g/mol. The first kappa shape index (κ1) is 18.0. The van der Waals surface area contributed by atoms with Gasteiger partial charge in [0, 0.05) is 6.54 Å². The quantitative estimate of drug-likeness (QED) is 0.803. The molecule has 0 unspecified atom stereocenters. The standard InChI is InChI=1S/C20H25NO3S/c1-15-7-8-16(2)20(13-15)25(22,23)21-11-12-24-19-10-9-17-5-3-4-6-18(17)14-19/h7-10,13-14,21H,3-6,11-12H2,1-2H3. The fourth-order valence-corrected chi connectivity index (χ4v) is 4.56. The van der Waals surface area contributed by atoms with Crippen molar-refractivity contribution in [2.24, 2.45) is 0 Å². The fourth-order valence-electron chi connectivity index (χ4n) is 3.22. The molecule has 0 spiro atoms. The lowest BCUT2D eigenvalue weighted by atomic mass is 9.92. The Balaban J connectivity index is 1.57. The van der Waals surface area contributed by atoms with Gasteiger partial charge in [-0.05, 0) is 80.0 Å². The predicted octanol–water partition coefficient (Wildman–Crippen LogP) is 3.54. The van der Waals surface area contributed by atoms with Gasteiger partial charge in [0.2, 0.25) is 10.0 Å². The normalized spacial score (nSPS) is 14.2. The van der Waals surface area contributed by atoms with Crippen LogP contribution in [-0.2, 0) is 22.9 Å². The molecule has 0 bridgehead atoms. The molecular formula is C20H25NO3S. The minimum atomic E-state index is -3.51. The number of fused-ring (bicyclic) bond motifs is 1. The highest BCUT2D eigenvalue weighted by molar-refractivity contribution is 7.89. The van der Waals surface area contributed by atoms with Gasteiger partial charge in [0.1, 0.15) is 12.4 Å². The number of hydrogen-bond donors (Lipinski definition) is 1.